The number of nitrogens with zero attached hydrogens (tertiary/aromatic N) is 5. The number of hydrogen-bond donors (Lipinski definition) is 3. The molecule has 3 aromatic rings. The van der Waals surface area contributed by atoms with E-state index < -0.39 is 11.0 Å². The predicted octanol–water partition coefficient (Wildman–Crippen LogP) is 2.70. The summed E-state index contributed by atoms with van der Waals surface area (Å²) in [5, 5.41) is 3.27. The Hall–Kier alpha value is -3.08. The van der Waals surface area contributed by atoms with E-state index in [1.54, 1.807) is 0 Å². The Morgan fingerprint density at radius 2 is 2.06 bits per heavy atom. The van der Waals surface area contributed by atoms with Crippen LogP contribution in [0.2, 0.25) is 0 Å². The van der Waals surface area contributed by atoms with Crippen LogP contribution in [0.25, 0.3) is 16.9 Å². The lowest BCUT2D eigenvalue weighted by Gasteiger charge is -2.15. The summed E-state index contributed by atoms with van der Waals surface area (Å²) < 4.78 is 17.0. The number of aryl methyl sites for hydroxylation is 1. The summed E-state index contributed by atoms with van der Waals surface area (Å²) in [5.41, 5.74) is 9.94. The van der Waals surface area contributed by atoms with Gasteiger partial charge in [-0.15, -0.1) is 0 Å². The standard InChI is InChI=1S/C23H30N8OS/c1-15(2)28-29-17(4)26-23-27-21(12-22-25-16(3)13-31(22)23)18-7-6-8-20(11-18)33(32)30-10-9-19(14-30)24-5/h6-8,11-13,19,24,28H,1,9-10,14H2,2-5H3,(H,26,27,29). The lowest BCUT2D eigenvalue weighted by Crippen LogP contribution is -2.33. The van der Waals surface area contributed by atoms with Crippen LogP contribution in [-0.2, 0) is 11.0 Å². The zero-order chi connectivity index (χ0) is 23.5. The second kappa shape index (κ2) is 9.82. The number of fused-ring (bicyclic) bond motifs is 1. The van der Waals surface area contributed by atoms with Gasteiger partial charge in [-0.1, -0.05) is 18.7 Å². The number of amidine groups is 1. The molecule has 174 valence electrons. The summed E-state index contributed by atoms with van der Waals surface area (Å²) in [6.45, 7) is 11.0. The predicted molar refractivity (Wildman–Crippen MR) is 132 cm³/mol. The van der Waals surface area contributed by atoms with Gasteiger partial charge in [0.25, 0.3) is 0 Å². The SMILES string of the molecule is C=C(C)NN/C(C)=N/c1nc(-c2cccc(S(=O)N3CCC(NC)C3)c2)cc2nc(C)cn12. The average Bonchev–Trinajstić information content (AvgIpc) is 3.43. The van der Waals surface area contributed by atoms with Gasteiger partial charge in [-0.25, -0.2) is 18.5 Å². The van der Waals surface area contributed by atoms with Gasteiger partial charge < -0.3 is 10.7 Å². The number of hydrogen-bond acceptors (Lipinski definition) is 6. The third-order valence-electron chi connectivity index (χ3n) is 5.41. The van der Waals surface area contributed by atoms with E-state index >= 15 is 0 Å². The van der Waals surface area contributed by atoms with E-state index in [1.807, 2.05) is 73.1 Å². The number of benzene rings is 1. The molecule has 2 atom stereocenters. The molecule has 2 aromatic heterocycles. The maximum Gasteiger partial charge on any atom is 0.237 e. The first-order valence-electron chi connectivity index (χ1n) is 10.9. The van der Waals surface area contributed by atoms with Crippen molar-refractivity contribution in [2.24, 2.45) is 4.99 Å². The first kappa shape index (κ1) is 23.1. The Balaban J connectivity index is 1.68. The van der Waals surface area contributed by atoms with Gasteiger partial charge in [0.15, 0.2) is 0 Å². The topological polar surface area (TPSA) is 98.9 Å². The van der Waals surface area contributed by atoms with Crippen LogP contribution in [0.1, 0.15) is 26.0 Å². The molecule has 1 aromatic carbocycles. The fraction of sp³-hybridized carbons (Fsp3) is 0.348. The first-order valence-corrected chi connectivity index (χ1v) is 12.0. The summed E-state index contributed by atoms with van der Waals surface area (Å²) in [6, 6.07) is 10.0. The van der Waals surface area contributed by atoms with Crippen molar-refractivity contribution in [1.82, 2.24) is 34.8 Å². The Bertz CT molecular complexity index is 1230. The summed E-state index contributed by atoms with van der Waals surface area (Å²) in [4.78, 5) is 14.8. The van der Waals surface area contributed by atoms with E-state index in [4.69, 9.17) is 4.98 Å². The zero-order valence-electron chi connectivity index (χ0n) is 19.4. The highest BCUT2D eigenvalue weighted by molar-refractivity contribution is 7.82. The lowest BCUT2D eigenvalue weighted by atomic mass is 10.1. The third kappa shape index (κ3) is 5.29. The minimum atomic E-state index is -1.22. The van der Waals surface area contributed by atoms with Crippen molar-refractivity contribution in [3.05, 3.63) is 54.5 Å². The van der Waals surface area contributed by atoms with Gasteiger partial charge in [0.2, 0.25) is 5.95 Å². The zero-order valence-corrected chi connectivity index (χ0v) is 20.2. The van der Waals surface area contributed by atoms with Gasteiger partial charge in [-0.2, -0.15) is 4.99 Å². The Morgan fingerprint density at radius 1 is 1.24 bits per heavy atom. The van der Waals surface area contributed by atoms with Crippen LogP contribution >= 0.6 is 0 Å². The van der Waals surface area contributed by atoms with Gasteiger partial charge >= 0.3 is 0 Å². The molecule has 0 bridgehead atoms. The van der Waals surface area contributed by atoms with Gasteiger partial charge in [0, 0.05) is 42.7 Å². The van der Waals surface area contributed by atoms with Crippen molar-refractivity contribution >= 4 is 28.4 Å². The van der Waals surface area contributed by atoms with E-state index in [9.17, 15) is 4.21 Å². The lowest BCUT2D eigenvalue weighted by molar-refractivity contribution is 0.511. The third-order valence-corrected chi connectivity index (χ3v) is 6.86. The average molecular weight is 467 g/mol. The van der Waals surface area contributed by atoms with Crippen LogP contribution in [-0.4, -0.2) is 54.9 Å². The molecule has 4 rings (SSSR count). The molecule has 0 saturated carbocycles. The van der Waals surface area contributed by atoms with Gasteiger partial charge in [0.1, 0.15) is 22.5 Å². The molecular weight excluding hydrogens is 436 g/mol. The maximum absolute atomic E-state index is 13.2. The van der Waals surface area contributed by atoms with Crippen LogP contribution in [0.15, 0.2) is 58.7 Å². The molecule has 9 nitrogen and oxygen atoms in total. The van der Waals surface area contributed by atoms with Crippen molar-refractivity contribution < 1.29 is 4.21 Å². The molecule has 3 heterocycles. The van der Waals surface area contributed by atoms with E-state index in [-0.39, 0.29) is 0 Å². The van der Waals surface area contributed by atoms with Crippen molar-refractivity contribution in [3.8, 4) is 11.3 Å². The minimum Gasteiger partial charge on any atom is -0.316 e. The van der Waals surface area contributed by atoms with Gasteiger partial charge in [-0.05, 0) is 46.4 Å². The largest absolute Gasteiger partial charge is 0.316 e. The van der Waals surface area contributed by atoms with Crippen LogP contribution in [0.5, 0.6) is 0 Å². The quantitative estimate of drug-likeness (QED) is 0.281. The Morgan fingerprint density at radius 3 is 2.79 bits per heavy atom. The molecule has 10 heteroatoms. The fourth-order valence-corrected chi connectivity index (χ4v) is 5.03. The van der Waals surface area contributed by atoms with Crippen molar-refractivity contribution in [1.29, 1.82) is 0 Å². The number of hydrazine groups is 1. The highest BCUT2D eigenvalue weighted by atomic mass is 32.2. The molecular formula is C23H30N8OS. The van der Waals surface area contributed by atoms with Crippen LogP contribution in [0.3, 0.4) is 0 Å². The van der Waals surface area contributed by atoms with E-state index in [1.165, 1.54) is 0 Å². The molecule has 3 N–H and O–H groups in total. The fourth-order valence-electron chi connectivity index (χ4n) is 3.72. The monoisotopic (exact) mass is 466 g/mol. The van der Waals surface area contributed by atoms with Gasteiger partial charge in [-0.3, -0.25) is 9.83 Å². The van der Waals surface area contributed by atoms with Gasteiger partial charge in [0.05, 0.1) is 16.3 Å². The Labute approximate surface area is 196 Å². The number of allylic oxidation sites excluding steroid dienone is 1. The van der Waals surface area contributed by atoms with Crippen molar-refractivity contribution in [2.45, 2.75) is 38.1 Å². The summed E-state index contributed by atoms with van der Waals surface area (Å²) >= 11 is 0. The number of aliphatic imine (C=N–C) groups is 1. The molecule has 0 radical (unpaired) electrons. The van der Waals surface area contributed by atoms with E-state index in [0.29, 0.717) is 17.8 Å². The summed E-state index contributed by atoms with van der Waals surface area (Å²) in [6.07, 6.45) is 2.90. The molecule has 0 aliphatic carbocycles. The number of likely N-dealkylation sites (N-methyl/N-ethyl adjacent to an activating group) is 1. The number of aromatic nitrogens is 3. The van der Waals surface area contributed by atoms with Crippen molar-refractivity contribution in [3.63, 3.8) is 0 Å². The summed E-state index contributed by atoms with van der Waals surface area (Å²) in [7, 11) is 0.728. The highest BCUT2D eigenvalue weighted by Crippen LogP contribution is 2.26. The number of rotatable bonds is 7. The minimum absolute atomic E-state index is 0.376. The normalized spacial score (nSPS) is 17.9. The first-order chi connectivity index (χ1) is 15.8. The second-order valence-electron chi connectivity index (χ2n) is 8.22. The second-order valence-corrected chi connectivity index (χ2v) is 9.70. The molecule has 2 unspecified atom stereocenters. The van der Waals surface area contributed by atoms with Crippen LogP contribution in [0, 0.1) is 6.92 Å². The van der Waals surface area contributed by atoms with E-state index in [0.717, 1.165) is 52.7 Å². The highest BCUT2D eigenvalue weighted by Gasteiger charge is 2.26. The molecule has 1 aliphatic rings. The maximum atomic E-state index is 13.2. The molecule has 33 heavy (non-hydrogen) atoms. The van der Waals surface area contributed by atoms with Crippen LogP contribution < -0.4 is 16.2 Å². The smallest absolute Gasteiger partial charge is 0.237 e. The molecule has 0 spiro atoms. The molecule has 1 aliphatic heterocycles. The Kier molecular flexibility index (Phi) is 6.87. The molecule has 0 amide bonds. The number of nitrogens with one attached hydrogen (secondary N) is 3. The van der Waals surface area contributed by atoms with E-state index in [2.05, 4.69) is 32.7 Å². The molecule has 1 fully saturated rings. The number of imidazole rings is 1. The molecule has 1 saturated heterocycles. The summed E-state index contributed by atoms with van der Waals surface area (Å²) in [5.74, 6) is 1.14. The van der Waals surface area contributed by atoms with Crippen LogP contribution in [0.4, 0.5) is 5.95 Å². The van der Waals surface area contributed by atoms with Crippen molar-refractivity contribution in [2.75, 3.05) is 20.1 Å².